The van der Waals surface area contributed by atoms with E-state index in [-0.39, 0.29) is 41.3 Å². The SMILES string of the molecule is Cc1nn(CC(=O)Nc2ccn(Cc3ccccc3F)n2)c2nc(-c3ccccc3)cc(C(F)F)c12. The molecule has 0 saturated heterocycles. The van der Waals surface area contributed by atoms with Gasteiger partial charge in [-0.25, -0.2) is 22.8 Å². The molecule has 7 nitrogen and oxygen atoms in total. The molecule has 0 fully saturated rings. The van der Waals surface area contributed by atoms with Crippen molar-refractivity contribution in [1.82, 2.24) is 24.5 Å². The summed E-state index contributed by atoms with van der Waals surface area (Å²) >= 11 is 0. The Kier molecular flexibility index (Phi) is 6.24. The van der Waals surface area contributed by atoms with E-state index in [1.807, 2.05) is 6.07 Å². The van der Waals surface area contributed by atoms with E-state index in [1.54, 1.807) is 61.7 Å². The molecule has 5 rings (SSSR count). The Labute approximate surface area is 204 Å². The van der Waals surface area contributed by atoms with Crippen LogP contribution in [0.2, 0.25) is 0 Å². The average molecular weight is 490 g/mol. The van der Waals surface area contributed by atoms with Crippen LogP contribution in [-0.2, 0) is 17.9 Å². The second-order valence-electron chi connectivity index (χ2n) is 8.24. The Morgan fingerprint density at radius 1 is 1.03 bits per heavy atom. The highest BCUT2D eigenvalue weighted by molar-refractivity contribution is 5.91. The molecule has 3 aromatic heterocycles. The lowest BCUT2D eigenvalue weighted by atomic mass is 10.1. The standard InChI is InChI=1S/C26H21F3N6O/c1-16-24-19(25(28)29)13-21(17-7-3-2-4-8-17)30-26(24)35(32-16)15-23(36)31-22-11-12-34(33-22)14-18-9-5-6-10-20(18)27/h2-13,25H,14-15H2,1H3,(H,31,33,36). The van der Waals surface area contributed by atoms with Gasteiger partial charge in [0.1, 0.15) is 12.4 Å². The predicted molar refractivity (Wildman–Crippen MR) is 129 cm³/mol. The van der Waals surface area contributed by atoms with Crippen LogP contribution in [0, 0.1) is 12.7 Å². The number of pyridine rings is 1. The molecule has 10 heteroatoms. The molecular formula is C26H21F3N6O. The number of anilines is 1. The first-order valence-corrected chi connectivity index (χ1v) is 11.2. The topological polar surface area (TPSA) is 77.6 Å². The molecule has 0 aliphatic rings. The lowest BCUT2D eigenvalue weighted by Gasteiger charge is -2.09. The van der Waals surface area contributed by atoms with E-state index in [9.17, 15) is 18.0 Å². The molecule has 0 aliphatic heterocycles. The number of rotatable bonds is 7. The maximum Gasteiger partial charge on any atom is 0.264 e. The quantitative estimate of drug-likeness (QED) is 0.333. The number of fused-ring (bicyclic) bond motifs is 1. The number of hydrogen-bond donors (Lipinski definition) is 1. The molecule has 0 radical (unpaired) electrons. The fourth-order valence-corrected chi connectivity index (χ4v) is 4.06. The number of aromatic nitrogens is 5. The molecule has 0 saturated carbocycles. The normalized spacial score (nSPS) is 11.4. The number of carbonyl (C=O) groups excluding carboxylic acids is 1. The average Bonchev–Trinajstić information content (AvgIpc) is 3.43. The summed E-state index contributed by atoms with van der Waals surface area (Å²) in [5.41, 5.74) is 1.88. The first-order chi connectivity index (χ1) is 17.4. The van der Waals surface area contributed by atoms with Crippen LogP contribution < -0.4 is 5.32 Å². The van der Waals surface area contributed by atoms with Gasteiger partial charge in [0.15, 0.2) is 11.5 Å². The van der Waals surface area contributed by atoms with Crippen LogP contribution >= 0.6 is 0 Å². The largest absolute Gasteiger partial charge is 0.308 e. The Morgan fingerprint density at radius 2 is 1.78 bits per heavy atom. The fraction of sp³-hybridized carbons (Fsp3) is 0.154. The maximum absolute atomic E-state index is 13.9. The molecule has 0 spiro atoms. The molecular weight excluding hydrogens is 469 g/mol. The molecule has 0 bridgehead atoms. The molecule has 182 valence electrons. The van der Waals surface area contributed by atoms with Gasteiger partial charge in [-0.05, 0) is 19.1 Å². The molecule has 0 unspecified atom stereocenters. The Bertz CT molecular complexity index is 1540. The minimum absolute atomic E-state index is 0.185. The van der Waals surface area contributed by atoms with E-state index in [4.69, 9.17) is 0 Å². The summed E-state index contributed by atoms with van der Waals surface area (Å²) < 4.78 is 44.6. The highest BCUT2D eigenvalue weighted by Gasteiger charge is 2.22. The van der Waals surface area contributed by atoms with Gasteiger partial charge in [0, 0.05) is 29.0 Å². The smallest absolute Gasteiger partial charge is 0.264 e. The summed E-state index contributed by atoms with van der Waals surface area (Å²) in [6.45, 7) is 1.56. The van der Waals surface area contributed by atoms with E-state index < -0.39 is 12.3 Å². The Morgan fingerprint density at radius 3 is 2.53 bits per heavy atom. The van der Waals surface area contributed by atoms with Gasteiger partial charge < -0.3 is 5.32 Å². The molecule has 0 aliphatic carbocycles. The van der Waals surface area contributed by atoms with Gasteiger partial charge in [-0.1, -0.05) is 48.5 Å². The number of benzene rings is 2. The lowest BCUT2D eigenvalue weighted by Crippen LogP contribution is -2.20. The van der Waals surface area contributed by atoms with Crippen molar-refractivity contribution in [1.29, 1.82) is 0 Å². The number of aryl methyl sites for hydroxylation is 1. The van der Waals surface area contributed by atoms with Crippen LogP contribution in [0.3, 0.4) is 0 Å². The van der Waals surface area contributed by atoms with Crippen molar-refractivity contribution in [2.45, 2.75) is 26.4 Å². The van der Waals surface area contributed by atoms with Crippen LogP contribution in [0.25, 0.3) is 22.3 Å². The van der Waals surface area contributed by atoms with Gasteiger partial charge in [-0.3, -0.25) is 9.48 Å². The summed E-state index contributed by atoms with van der Waals surface area (Å²) in [6, 6.07) is 18.3. The minimum atomic E-state index is -2.73. The third-order valence-electron chi connectivity index (χ3n) is 5.70. The maximum atomic E-state index is 13.9. The van der Waals surface area contributed by atoms with Crippen molar-refractivity contribution in [2.75, 3.05) is 5.32 Å². The van der Waals surface area contributed by atoms with Crippen molar-refractivity contribution in [3.05, 3.63) is 95.6 Å². The van der Waals surface area contributed by atoms with Crippen molar-refractivity contribution in [3.63, 3.8) is 0 Å². The van der Waals surface area contributed by atoms with Gasteiger partial charge in [0.2, 0.25) is 5.91 Å². The first kappa shape index (κ1) is 23.3. The summed E-state index contributed by atoms with van der Waals surface area (Å²) in [5.74, 6) is -0.526. The Balaban J connectivity index is 1.39. The number of nitrogens with one attached hydrogen (secondary N) is 1. The van der Waals surface area contributed by atoms with Crippen molar-refractivity contribution in [2.24, 2.45) is 0 Å². The summed E-state index contributed by atoms with van der Waals surface area (Å²) in [5, 5.41) is 11.5. The molecule has 1 N–H and O–H groups in total. The third-order valence-corrected chi connectivity index (χ3v) is 5.70. The summed E-state index contributed by atoms with van der Waals surface area (Å²) in [4.78, 5) is 17.3. The van der Waals surface area contributed by atoms with Gasteiger partial charge in [0.25, 0.3) is 6.43 Å². The number of alkyl halides is 2. The summed E-state index contributed by atoms with van der Waals surface area (Å²) in [6.07, 6.45) is -1.11. The number of hydrogen-bond acceptors (Lipinski definition) is 4. The molecule has 2 aromatic carbocycles. The van der Waals surface area contributed by atoms with E-state index in [1.165, 1.54) is 21.5 Å². The van der Waals surface area contributed by atoms with E-state index in [0.717, 1.165) is 0 Å². The van der Waals surface area contributed by atoms with Crippen molar-refractivity contribution >= 4 is 22.8 Å². The molecule has 5 aromatic rings. The van der Waals surface area contributed by atoms with Gasteiger partial charge in [0.05, 0.1) is 23.3 Å². The zero-order chi connectivity index (χ0) is 25.2. The predicted octanol–water partition coefficient (Wildman–Crippen LogP) is 5.37. The van der Waals surface area contributed by atoms with Gasteiger partial charge >= 0.3 is 0 Å². The van der Waals surface area contributed by atoms with Crippen LogP contribution in [-0.4, -0.2) is 30.5 Å². The first-order valence-electron chi connectivity index (χ1n) is 11.2. The zero-order valence-electron chi connectivity index (χ0n) is 19.2. The zero-order valence-corrected chi connectivity index (χ0v) is 19.2. The second kappa shape index (κ2) is 9.65. The molecule has 1 amide bonds. The summed E-state index contributed by atoms with van der Waals surface area (Å²) in [7, 11) is 0. The van der Waals surface area contributed by atoms with Gasteiger partial charge in [-0.15, -0.1) is 0 Å². The molecule has 36 heavy (non-hydrogen) atoms. The van der Waals surface area contributed by atoms with E-state index in [0.29, 0.717) is 22.5 Å². The number of halogens is 3. The lowest BCUT2D eigenvalue weighted by molar-refractivity contribution is -0.116. The monoisotopic (exact) mass is 490 g/mol. The second-order valence-corrected chi connectivity index (χ2v) is 8.24. The number of carbonyl (C=O) groups is 1. The van der Waals surface area contributed by atoms with E-state index >= 15 is 0 Å². The third kappa shape index (κ3) is 4.70. The molecule has 3 heterocycles. The fourth-order valence-electron chi connectivity index (χ4n) is 4.06. The van der Waals surface area contributed by atoms with E-state index in [2.05, 4.69) is 20.5 Å². The van der Waals surface area contributed by atoms with Crippen molar-refractivity contribution < 1.29 is 18.0 Å². The number of amides is 1. The Hall–Kier alpha value is -4.47. The van der Waals surface area contributed by atoms with Crippen molar-refractivity contribution in [3.8, 4) is 11.3 Å². The van der Waals surface area contributed by atoms with Crippen LogP contribution in [0.5, 0.6) is 0 Å². The number of nitrogens with zero attached hydrogens (tertiary/aromatic N) is 5. The van der Waals surface area contributed by atoms with Crippen LogP contribution in [0.4, 0.5) is 19.0 Å². The highest BCUT2D eigenvalue weighted by atomic mass is 19.3. The highest BCUT2D eigenvalue weighted by Crippen LogP contribution is 2.33. The van der Waals surface area contributed by atoms with Gasteiger partial charge in [-0.2, -0.15) is 10.2 Å². The van der Waals surface area contributed by atoms with Crippen LogP contribution in [0.1, 0.15) is 23.2 Å². The molecule has 0 atom stereocenters. The van der Waals surface area contributed by atoms with Crippen LogP contribution in [0.15, 0.2) is 72.9 Å². The minimum Gasteiger partial charge on any atom is -0.308 e.